The zero-order valence-electron chi connectivity index (χ0n) is 17.3. The van der Waals surface area contributed by atoms with Gasteiger partial charge in [0.1, 0.15) is 18.0 Å². The van der Waals surface area contributed by atoms with Gasteiger partial charge in [-0.1, -0.05) is 12.1 Å². The van der Waals surface area contributed by atoms with Crippen LogP contribution in [0, 0.1) is 19.7 Å². The Balaban J connectivity index is 1.80. The van der Waals surface area contributed by atoms with Gasteiger partial charge in [0.15, 0.2) is 0 Å². The fraction of sp³-hybridized carbons (Fsp3) is 0.174. The standard InChI is InChI=1S/C23H21FN4O2S/c1-14-10-21(30)27(13-20(29)25-17-7-5-9-19(12-17)31-3)23-22(14)15(2)26-28(23)18-8-4-6-16(24)11-18/h4-12H,13H2,1-3H3,(H,25,29). The first-order valence-corrected chi connectivity index (χ1v) is 10.9. The molecule has 1 amide bonds. The largest absolute Gasteiger partial charge is 0.324 e. The number of amides is 1. The second-order valence-corrected chi connectivity index (χ2v) is 8.09. The Morgan fingerprint density at radius 2 is 1.90 bits per heavy atom. The molecule has 4 rings (SSSR count). The van der Waals surface area contributed by atoms with Crippen LogP contribution in [-0.2, 0) is 11.3 Å². The van der Waals surface area contributed by atoms with Gasteiger partial charge in [0.25, 0.3) is 5.56 Å². The van der Waals surface area contributed by atoms with Crippen molar-refractivity contribution in [1.82, 2.24) is 14.3 Å². The maximum atomic E-state index is 13.9. The summed E-state index contributed by atoms with van der Waals surface area (Å²) in [5.41, 5.74) is 2.72. The van der Waals surface area contributed by atoms with Crippen LogP contribution in [0.2, 0.25) is 0 Å². The molecule has 4 aromatic rings. The van der Waals surface area contributed by atoms with E-state index >= 15 is 0 Å². The topological polar surface area (TPSA) is 68.9 Å². The minimum atomic E-state index is -0.410. The van der Waals surface area contributed by atoms with E-state index in [1.54, 1.807) is 30.0 Å². The van der Waals surface area contributed by atoms with E-state index in [-0.39, 0.29) is 18.0 Å². The number of thioether (sulfide) groups is 1. The van der Waals surface area contributed by atoms with Crippen molar-refractivity contribution in [1.29, 1.82) is 0 Å². The number of hydrogen-bond donors (Lipinski definition) is 1. The van der Waals surface area contributed by atoms with Gasteiger partial charge in [-0.2, -0.15) is 5.10 Å². The van der Waals surface area contributed by atoms with Crippen molar-refractivity contribution in [2.75, 3.05) is 11.6 Å². The summed E-state index contributed by atoms with van der Waals surface area (Å²) in [7, 11) is 0. The SMILES string of the molecule is CSc1cccc(NC(=O)Cn2c(=O)cc(C)c3c(C)nn(-c4cccc(F)c4)c32)c1. The molecule has 0 saturated heterocycles. The Kier molecular flexibility index (Phi) is 5.65. The highest BCUT2D eigenvalue weighted by atomic mass is 32.2. The number of aromatic nitrogens is 3. The predicted octanol–water partition coefficient (Wildman–Crippen LogP) is 4.30. The molecule has 0 unspecified atom stereocenters. The van der Waals surface area contributed by atoms with E-state index in [0.29, 0.717) is 22.7 Å². The molecule has 0 aliphatic carbocycles. The van der Waals surface area contributed by atoms with Gasteiger partial charge < -0.3 is 5.32 Å². The smallest absolute Gasteiger partial charge is 0.252 e. The molecule has 0 bridgehead atoms. The Labute approximate surface area is 182 Å². The summed E-state index contributed by atoms with van der Waals surface area (Å²) in [6.07, 6.45) is 1.96. The number of benzene rings is 2. The molecule has 6 nitrogen and oxygen atoms in total. The molecule has 2 aromatic heterocycles. The minimum absolute atomic E-state index is 0.195. The van der Waals surface area contributed by atoms with Crippen LogP contribution in [-0.4, -0.2) is 26.5 Å². The first-order valence-electron chi connectivity index (χ1n) is 9.67. The summed E-state index contributed by atoms with van der Waals surface area (Å²) in [6, 6.07) is 15.0. The summed E-state index contributed by atoms with van der Waals surface area (Å²) in [6.45, 7) is 3.46. The van der Waals surface area contributed by atoms with Crippen molar-refractivity contribution < 1.29 is 9.18 Å². The van der Waals surface area contributed by atoms with E-state index in [0.717, 1.165) is 15.8 Å². The van der Waals surface area contributed by atoms with Crippen molar-refractivity contribution in [3.05, 3.63) is 82.0 Å². The lowest BCUT2D eigenvalue weighted by molar-refractivity contribution is -0.116. The molecule has 0 fully saturated rings. The normalized spacial score (nSPS) is 11.1. The van der Waals surface area contributed by atoms with Gasteiger partial charge in [0.05, 0.1) is 11.4 Å². The van der Waals surface area contributed by atoms with Gasteiger partial charge in [-0.15, -0.1) is 11.8 Å². The van der Waals surface area contributed by atoms with Crippen LogP contribution in [0.5, 0.6) is 0 Å². The second-order valence-electron chi connectivity index (χ2n) is 7.21. The zero-order valence-corrected chi connectivity index (χ0v) is 18.2. The Hall–Kier alpha value is -3.39. The third-order valence-electron chi connectivity index (χ3n) is 5.00. The van der Waals surface area contributed by atoms with Gasteiger partial charge in [-0.05, 0) is 62.1 Å². The van der Waals surface area contributed by atoms with E-state index in [2.05, 4.69) is 10.4 Å². The average Bonchev–Trinajstić information content (AvgIpc) is 3.09. The van der Waals surface area contributed by atoms with E-state index in [9.17, 15) is 14.0 Å². The number of anilines is 1. The number of nitrogens with one attached hydrogen (secondary N) is 1. The summed E-state index contributed by atoms with van der Waals surface area (Å²) in [5, 5.41) is 8.14. The van der Waals surface area contributed by atoms with Crippen molar-refractivity contribution >= 4 is 34.4 Å². The molecule has 0 spiro atoms. The molecule has 8 heteroatoms. The van der Waals surface area contributed by atoms with Crippen molar-refractivity contribution in [3.8, 4) is 5.69 Å². The maximum Gasteiger partial charge on any atom is 0.252 e. The molecule has 0 aliphatic heterocycles. The number of halogens is 1. The molecule has 2 heterocycles. The first kappa shape index (κ1) is 20.9. The molecule has 0 aliphatic rings. The third kappa shape index (κ3) is 4.11. The van der Waals surface area contributed by atoms with Gasteiger partial charge in [-0.25, -0.2) is 9.07 Å². The van der Waals surface area contributed by atoms with E-state index in [4.69, 9.17) is 0 Å². The fourth-order valence-electron chi connectivity index (χ4n) is 3.65. The number of pyridine rings is 1. The lowest BCUT2D eigenvalue weighted by Gasteiger charge is -2.13. The third-order valence-corrected chi connectivity index (χ3v) is 5.73. The summed E-state index contributed by atoms with van der Waals surface area (Å²) >= 11 is 1.57. The van der Waals surface area contributed by atoms with Crippen molar-refractivity contribution in [3.63, 3.8) is 0 Å². The van der Waals surface area contributed by atoms with Crippen LogP contribution in [0.15, 0.2) is 64.3 Å². The minimum Gasteiger partial charge on any atom is -0.324 e. The van der Waals surface area contributed by atoms with E-state index < -0.39 is 5.82 Å². The van der Waals surface area contributed by atoms with Crippen LogP contribution in [0.1, 0.15) is 11.3 Å². The summed E-state index contributed by atoms with van der Waals surface area (Å²) in [5.74, 6) is -0.748. The summed E-state index contributed by atoms with van der Waals surface area (Å²) < 4.78 is 16.8. The molecule has 31 heavy (non-hydrogen) atoms. The van der Waals surface area contributed by atoms with E-state index in [1.165, 1.54) is 27.4 Å². The monoisotopic (exact) mass is 436 g/mol. The van der Waals surface area contributed by atoms with Crippen molar-refractivity contribution in [2.24, 2.45) is 0 Å². The number of nitrogens with zero attached hydrogens (tertiary/aromatic N) is 3. The number of carbonyl (C=O) groups excluding carboxylic acids is 1. The summed E-state index contributed by atoms with van der Waals surface area (Å²) in [4.78, 5) is 26.7. The fourth-order valence-corrected chi connectivity index (χ4v) is 4.11. The number of fused-ring (bicyclic) bond motifs is 1. The second kappa shape index (κ2) is 8.39. The average molecular weight is 437 g/mol. The number of rotatable bonds is 5. The van der Waals surface area contributed by atoms with Crippen LogP contribution >= 0.6 is 11.8 Å². The number of carbonyl (C=O) groups is 1. The van der Waals surface area contributed by atoms with Crippen LogP contribution < -0.4 is 10.9 Å². The lowest BCUT2D eigenvalue weighted by atomic mass is 10.1. The molecule has 0 radical (unpaired) electrons. The van der Waals surface area contributed by atoms with Gasteiger partial charge in [0.2, 0.25) is 5.91 Å². The Bertz CT molecular complexity index is 1360. The molecule has 158 valence electrons. The molecule has 1 N–H and O–H groups in total. The van der Waals surface area contributed by atoms with E-state index in [1.807, 2.05) is 38.3 Å². The first-order chi connectivity index (χ1) is 14.9. The highest BCUT2D eigenvalue weighted by Gasteiger charge is 2.19. The Morgan fingerprint density at radius 3 is 2.65 bits per heavy atom. The number of hydrogen-bond acceptors (Lipinski definition) is 4. The molecule has 0 saturated carbocycles. The highest BCUT2D eigenvalue weighted by Crippen LogP contribution is 2.24. The maximum absolute atomic E-state index is 13.9. The molecular formula is C23H21FN4O2S. The van der Waals surface area contributed by atoms with Gasteiger partial charge in [-0.3, -0.25) is 14.2 Å². The highest BCUT2D eigenvalue weighted by molar-refractivity contribution is 7.98. The predicted molar refractivity (Wildman–Crippen MR) is 122 cm³/mol. The van der Waals surface area contributed by atoms with Crippen LogP contribution in [0.25, 0.3) is 16.7 Å². The zero-order chi connectivity index (χ0) is 22.1. The van der Waals surface area contributed by atoms with Gasteiger partial charge in [0, 0.05) is 22.0 Å². The molecule has 2 aromatic carbocycles. The lowest BCUT2D eigenvalue weighted by Crippen LogP contribution is -2.29. The Morgan fingerprint density at radius 1 is 1.13 bits per heavy atom. The molecular weight excluding hydrogens is 415 g/mol. The van der Waals surface area contributed by atoms with Crippen LogP contribution in [0.3, 0.4) is 0 Å². The van der Waals surface area contributed by atoms with Gasteiger partial charge >= 0.3 is 0 Å². The number of aryl methyl sites for hydroxylation is 2. The van der Waals surface area contributed by atoms with Crippen molar-refractivity contribution in [2.45, 2.75) is 25.3 Å². The van der Waals surface area contributed by atoms with Crippen LogP contribution in [0.4, 0.5) is 10.1 Å². The molecule has 0 atom stereocenters. The quantitative estimate of drug-likeness (QED) is 0.474.